The number of ketones is 1. The summed E-state index contributed by atoms with van der Waals surface area (Å²) in [5.74, 6) is 0.0824. The first-order valence-corrected chi connectivity index (χ1v) is 7.15. The van der Waals surface area contributed by atoms with Gasteiger partial charge in [0.1, 0.15) is 0 Å². The molecule has 0 N–H and O–H groups in total. The Morgan fingerprint density at radius 2 is 1.90 bits per heavy atom. The number of para-hydroxylation sites is 1. The van der Waals surface area contributed by atoms with Crippen LogP contribution in [0.25, 0.3) is 10.9 Å². The minimum atomic E-state index is 0.0824. The van der Waals surface area contributed by atoms with Gasteiger partial charge in [0.05, 0.1) is 5.52 Å². The fraction of sp³-hybridized carbons (Fsp3) is 0.111. The fourth-order valence-electron chi connectivity index (χ4n) is 2.47. The molecule has 0 aliphatic carbocycles. The van der Waals surface area contributed by atoms with Gasteiger partial charge in [0.15, 0.2) is 5.78 Å². The summed E-state index contributed by atoms with van der Waals surface area (Å²) in [6.45, 7) is 1.91. The van der Waals surface area contributed by atoms with E-state index in [-0.39, 0.29) is 5.78 Å². The molecule has 0 unspecified atom stereocenters. The zero-order valence-electron chi connectivity index (χ0n) is 11.6. The van der Waals surface area contributed by atoms with Crippen molar-refractivity contribution < 1.29 is 4.79 Å². The van der Waals surface area contributed by atoms with Crippen molar-refractivity contribution in [2.75, 3.05) is 0 Å². The second-order valence-electron chi connectivity index (χ2n) is 5.06. The van der Waals surface area contributed by atoms with Crippen LogP contribution in [0.2, 0.25) is 5.02 Å². The molecule has 3 heteroatoms. The number of nitrogens with zero attached hydrogens (tertiary/aromatic N) is 1. The van der Waals surface area contributed by atoms with Gasteiger partial charge in [0.25, 0.3) is 0 Å². The van der Waals surface area contributed by atoms with Gasteiger partial charge in [0, 0.05) is 28.1 Å². The van der Waals surface area contributed by atoms with Crippen molar-refractivity contribution >= 4 is 28.3 Å². The quantitative estimate of drug-likeness (QED) is 0.660. The van der Waals surface area contributed by atoms with Crippen molar-refractivity contribution in [2.45, 2.75) is 13.3 Å². The van der Waals surface area contributed by atoms with Crippen LogP contribution in [0, 0.1) is 6.92 Å². The Balaban J connectivity index is 2.02. The molecule has 1 heterocycles. The maximum absolute atomic E-state index is 12.6. The molecule has 3 aromatic rings. The third-order valence-corrected chi connectivity index (χ3v) is 3.63. The number of carbonyl (C=O) groups is 1. The van der Waals surface area contributed by atoms with Gasteiger partial charge in [-0.1, -0.05) is 41.9 Å². The predicted molar refractivity (Wildman–Crippen MR) is 86.0 cm³/mol. The molecule has 0 amide bonds. The van der Waals surface area contributed by atoms with E-state index in [2.05, 4.69) is 4.98 Å². The molecule has 0 saturated carbocycles. The SMILES string of the molecule is Cc1cc(C(=O)Cc2cccc(Cl)c2)c2ccccc2n1. The molecule has 0 bridgehead atoms. The third-order valence-electron chi connectivity index (χ3n) is 3.40. The fourth-order valence-corrected chi connectivity index (χ4v) is 2.68. The standard InChI is InChI=1S/C18H14ClNO/c1-12-9-16(15-7-2-3-8-17(15)20-12)18(21)11-13-5-4-6-14(19)10-13/h2-10H,11H2,1H3. The molecule has 21 heavy (non-hydrogen) atoms. The summed E-state index contributed by atoms with van der Waals surface area (Å²) in [5.41, 5.74) is 3.35. The van der Waals surface area contributed by atoms with Crippen LogP contribution in [-0.4, -0.2) is 10.8 Å². The number of halogens is 1. The first-order chi connectivity index (χ1) is 10.1. The summed E-state index contributed by atoms with van der Waals surface area (Å²) in [6.07, 6.45) is 0.341. The maximum atomic E-state index is 12.6. The molecule has 0 radical (unpaired) electrons. The molecule has 0 aliphatic rings. The van der Waals surface area contributed by atoms with Gasteiger partial charge in [0.2, 0.25) is 0 Å². The number of Topliss-reactive ketones (excluding diaryl/α,β-unsaturated/α-hetero) is 1. The second-order valence-corrected chi connectivity index (χ2v) is 5.49. The van der Waals surface area contributed by atoms with Crippen LogP contribution in [0.3, 0.4) is 0 Å². The Labute approximate surface area is 128 Å². The van der Waals surface area contributed by atoms with E-state index in [0.717, 1.165) is 27.7 Å². The number of rotatable bonds is 3. The first-order valence-electron chi connectivity index (χ1n) is 6.77. The molecule has 1 aromatic heterocycles. The van der Waals surface area contributed by atoms with Gasteiger partial charge in [-0.25, -0.2) is 0 Å². The molecule has 2 aromatic carbocycles. The molecule has 0 fully saturated rings. The van der Waals surface area contributed by atoms with Gasteiger partial charge in [-0.15, -0.1) is 0 Å². The molecule has 0 atom stereocenters. The lowest BCUT2D eigenvalue weighted by Crippen LogP contribution is -2.05. The van der Waals surface area contributed by atoms with Gasteiger partial charge in [-0.05, 0) is 36.8 Å². The Morgan fingerprint density at radius 1 is 1.10 bits per heavy atom. The molecule has 2 nitrogen and oxygen atoms in total. The predicted octanol–water partition coefficient (Wildman–Crippen LogP) is 4.62. The highest BCUT2D eigenvalue weighted by Gasteiger charge is 2.12. The number of carbonyl (C=O) groups excluding carboxylic acids is 1. The maximum Gasteiger partial charge on any atom is 0.167 e. The Hall–Kier alpha value is -2.19. The second kappa shape index (κ2) is 5.66. The van der Waals surface area contributed by atoms with Crippen molar-refractivity contribution in [1.29, 1.82) is 0 Å². The molecule has 0 saturated heterocycles. The van der Waals surface area contributed by atoms with Crippen LogP contribution in [-0.2, 0) is 6.42 Å². The Bertz CT molecular complexity index is 826. The Morgan fingerprint density at radius 3 is 2.71 bits per heavy atom. The smallest absolute Gasteiger partial charge is 0.167 e. The summed E-state index contributed by atoms with van der Waals surface area (Å²) in [5, 5.41) is 1.55. The van der Waals surface area contributed by atoms with Crippen LogP contribution < -0.4 is 0 Å². The minimum absolute atomic E-state index is 0.0824. The van der Waals surface area contributed by atoms with Crippen molar-refractivity contribution in [3.8, 4) is 0 Å². The summed E-state index contributed by atoms with van der Waals surface area (Å²) >= 11 is 5.97. The number of aryl methyl sites for hydroxylation is 1. The van der Waals surface area contributed by atoms with Gasteiger partial charge in [-0.2, -0.15) is 0 Å². The normalized spacial score (nSPS) is 10.8. The summed E-state index contributed by atoms with van der Waals surface area (Å²) in [4.78, 5) is 17.1. The summed E-state index contributed by atoms with van der Waals surface area (Å²) in [7, 11) is 0. The number of pyridine rings is 1. The van der Waals surface area contributed by atoms with Crippen molar-refractivity contribution in [3.63, 3.8) is 0 Å². The van der Waals surface area contributed by atoms with Gasteiger partial charge in [-0.3, -0.25) is 9.78 Å². The Kier molecular flexibility index (Phi) is 3.72. The van der Waals surface area contributed by atoms with E-state index in [1.807, 2.05) is 61.5 Å². The number of fused-ring (bicyclic) bond motifs is 1. The lowest BCUT2D eigenvalue weighted by molar-refractivity contribution is 0.0994. The van der Waals surface area contributed by atoms with Gasteiger partial charge >= 0.3 is 0 Å². The molecule has 0 aliphatic heterocycles. The van der Waals surface area contributed by atoms with E-state index < -0.39 is 0 Å². The van der Waals surface area contributed by atoms with E-state index in [0.29, 0.717) is 11.4 Å². The molecular weight excluding hydrogens is 282 g/mol. The molecular formula is C18H14ClNO. The molecule has 104 valence electrons. The van der Waals surface area contributed by atoms with Crippen molar-refractivity contribution in [1.82, 2.24) is 4.98 Å². The minimum Gasteiger partial charge on any atom is -0.294 e. The number of benzene rings is 2. The lowest BCUT2D eigenvalue weighted by atomic mass is 9.99. The van der Waals surface area contributed by atoms with Crippen LogP contribution in [0.4, 0.5) is 0 Å². The van der Waals surface area contributed by atoms with Crippen LogP contribution >= 0.6 is 11.6 Å². The van der Waals surface area contributed by atoms with E-state index in [1.54, 1.807) is 0 Å². The number of hydrogen-bond donors (Lipinski definition) is 0. The highest BCUT2D eigenvalue weighted by Crippen LogP contribution is 2.21. The summed E-state index contributed by atoms with van der Waals surface area (Å²) < 4.78 is 0. The highest BCUT2D eigenvalue weighted by molar-refractivity contribution is 6.30. The zero-order valence-corrected chi connectivity index (χ0v) is 12.4. The van der Waals surface area contributed by atoms with Crippen LogP contribution in [0.15, 0.2) is 54.6 Å². The monoisotopic (exact) mass is 295 g/mol. The number of hydrogen-bond acceptors (Lipinski definition) is 2. The van der Waals surface area contributed by atoms with E-state index >= 15 is 0 Å². The average Bonchev–Trinajstić information content (AvgIpc) is 2.46. The molecule has 0 spiro atoms. The van der Waals surface area contributed by atoms with E-state index in [9.17, 15) is 4.79 Å². The number of aromatic nitrogens is 1. The largest absolute Gasteiger partial charge is 0.294 e. The van der Waals surface area contributed by atoms with Crippen molar-refractivity contribution in [2.24, 2.45) is 0 Å². The topological polar surface area (TPSA) is 30.0 Å². The van der Waals surface area contributed by atoms with E-state index in [1.165, 1.54) is 0 Å². The average molecular weight is 296 g/mol. The first kappa shape index (κ1) is 13.8. The van der Waals surface area contributed by atoms with Crippen molar-refractivity contribution in [3.05, 3.63) is 76.4 Å². The van der Waals surface area contributed by atoms with Gasteiger partial charge < -0.3 is 0 Å². The lowest BCUT2D eigenvalue weighted by Gasteiger charge is -2.07. The highest BCUT2D eigenvalue weighted by atomic mass is 35.5. The molecule has 3 rings (SSSR count). The third kappa shape index (κ3) is 2.96. The van der Waals surface area contributed by atoms with Crippen LogP contribution in [0.1, 0.15) is 21.6 Å². The van der Waals surface area contributed by atoms with E-state index in [4.69, 9.17) is 11.6 Å². The zero-order chi connectivity index (χ0) is 14.8. The summed E-state index contributed by atoms with van der Waals surface area (Å²) in [6, 6.07) is 17.0. The van der Waals surface area contributed by atoms with Crippen LogP contribution in [0.5, 0.6) is 0 Å².